The number of aromatic carboxylic acids is 1. The second-order valence-corrected chi connectivity index (χ2v) is 8.39. The molecule has 2 heterocycles. The Balaban J connectivity index is 2.22. The number of thiazole rings is 1. The summed E-state index contributed by atoms with van der Waals surface area (Å²) in [5.41, 5.74) is 0. The van der Waals surface area contributed by atoms with Gasteiger partial charge in [-0.25, -0.2) is 22.9 Å². The van der Waals surface area contributed by atoms with Gasteiger partial charge in [-0.3, -0.25) is 0 Å². The molecule has 0 spiro atoms. The van der Waals surface area contributed by atoms with Crippen LogP contribution in [0.15, 0.2) is 26.3 Å². The molecular formula is C9H7BrN2O4S3. The van der Waals surface area contributed by atoms with E-state index in [9.17, 15) is 13.2 Å². The van der Waals surface area contributed by atoms with Gasteiger partial charge in [0, 0.05) is 11.6 Å². The van der Waals surface area contributed by atoms with Crippen molar-refractivity contribution in [3.63, 3.8) is 0 Å². The number of thiophene rings is 1. The summed E-state index contributed by atoms with van der Waals surface area (Å²) >= 11 is 5.25. The molecule has 2 rings (SSSR count). The van der Waals surface area contributed by atoms with Crippen LogP contribution in [-0.2, 0) is 16.6 Å². The van der Waals surface area contributed by atoms with Gasteiger partial charge >= 0.3 is 5.97 Å². The largest absolute Gasteiger partial charge is 0.477 e. The Hall–Kier alpha value is -0.810. The monoisotopic (exact) mass is 382 g/mol. The van der Waals surface area contributed by atoms with Crippen molar-refractivity contribution >= 4 is 54.6 Å². The maximum Gasteiger partial charge on any atom is 0.345 e. The SMILES string of the molecule is O=C(O)c1cc(S(=O)(=O)NCc2nccs2)c(Br)s1. The van der Waals surface area contributed by atoms with Gasteiger partial charge in [0.2, 0.25) is 10.0 Å². The van der Waals surface area contributed by atoms with Gasteiger partial charge in [0.15, 0.2) is 0 Å². The standard InChI is InChI=1S/C9H7BrN2O4S3/c10-8-6(3-5(18-8)9(13)14)19(15,16)12-4-7-11-1-2-17-7/h1-3,12H,4H2,(H,13,14). The van der Waals surface area contributed by atoms with E-state index >= 15 is 0 Å². The van der Waals surface area contributed by atoms with Crippen LogP contribution >= 0.6 is 38.6 Å². The van der Waals surface area contributed by atoms with Crippen LogP contribution in [0.3, 0.4) is 0 Å². The van der Waals surface area contributed by atoms with Crippen molar-refractivity contribution in [2.45, 2.75) is 11.4 Å². The Bertz CT molecular complexity index is 693. The molecule has 0 bridgehead atoms. The quantitative estimate of drug-likeness (QED) is 0.825. The van der Waals surface area contributed by atoms with Crippen molar-refractivity contribution in [3.05, 3.63) is 31.3 Å². The van der Waals surface area contributed by atoms with Crippen LogP contribution in [0.5, 0.6) is 0 Å². The van der Waals surface area contributed by atoms with Crippen molar-refractivity contribution in [2.24, 2.45) is 0 Å². The second kappa shape index (κ2) is 5.67. The van der Waals surface area contributed by atoms with Crippen molar-refractivity contribution < 1.29 is 18.3 Å². The third-order valence-electron chi connectivity index (χ3n) is 2.05. The number of sulfonamides is 1. The van der Waals surface area contributed by atoms with Gasteiger partial charge in [-0.15, -0.1) is 22.7 Å². The Morgan fingerprint density at radius 1 is 1.53 bits per heavy atom. The maximum absolute atomic E-state index is 12.0. The average Bonchev–Trinajstić information content (AvgIpc) is 2.95. The molecule has 0 saturated carbocycles. The van der Waals surface area contributed by atoms with Crippen molar-refractivity contribution in [1.29, 1.82) is 0 Å². The lowest BCUT2D eigenvalue weighted by atomic mass is 10.5. The van der Waals surface area contributed by atoms with Crippen LogP contribution in [0.25, 0.3) is 0 Å². The smallest absolute Gasteiger partial charge is 0.345 e. The van der Waals surface area contributed by atoms with Gasteiger partial charge in [0.1, 0.15) is 14.8 Å². The van der Waals surface area contributed by atoms with Crippen LogP contribution in [0.2, 0.25) is 0 Å². The fourth-order valence-electron chi connectivity index (χ4n) is 1.22. The van der Waals surface area contributed by atoms with Crippen LogP contribution < -0.4 is 4.72 Å². The fraction of sp³-hybridized carbons (Fsp3) is 0.111. The van der Waals surface area contributed by atoms with E-state index in [0.29, 0.717) is 5.01 Å². The number of carboxylic acid groups (broad SMARTS) is 1. The number of nitrogens with zero attached hydrogens (tertiary/aromatic N) is 1. The van der Waals surface area contributed by atoms with Crippen LogP contribution in [0.4, 0.5) is 0 Å². The molecule has 0 fully saturated rings. The Morgan fingerprint density at radius 3 is 2.79 bits per heavy atom. The highest BCUT2D eigenvalue weighted by Gasteiger charge is 2.23. The first-order valence-electron chi connectivity index (χ1n) is 4.81. The molecule has 0 aliphatic heterocycles. The molecule has 0 amide bonds. The molecule has 0 radical (unpaired) electrons. The average molecular weight is 383 g/mol. The van der Waals surface area contributed by atoms with E-state index in [2.05, 4.69) is 25.6 Å². The zero-order valence-electron chi connectivity index (χ0n) is 9.16. The molecule has 0 aliphatic carbocycles. The van der Waals surface area contributed by atoms with Gasteiger partial charge in [0.05, 0.1) is 10.3 Å². The maximum atomic E-state index is 12.0. The molecule has 0 saturated heterocycles. The van der Waals surface area contributed by atoms with Crippen LogP contribution in [0, 0.1) is 0 Å². The highest BCUT2D eigenvalue weighted by Crippen LogP contribution is 2.31. The van der Waals surface area contributed by atoms with E-state index in [1.165, 1.54) is 11.3 Å². The first kappa shape index (κ1) is 14.6. The molecule has 0 unspecified atom stereocenters. The number of hydrogen-bond acceptors (Lipinski definition) is 6. The number of carbonyl (C=O) groups is 1. The predicted molar refractivity (Wildman–Crippen MR) is 75.1 cm³/mol. The first-order valence-corrected chi connectivity index (χ1v) is 8.78. The molecule has 0 atom stereocenters. The lowest BCUT2D eigenvalue weighted by Gasteiger charge is -2.03. The molecule has 10 heteroatoms. The van der Waals surface area contributed by atoms with Gasteiger partial charge < -0.3 is 5.11 Å². The Kier molecular flexibility index (Phi) is 4.36. The zero-order chi connectivity index (χ0) is 14.0. The van der Waals surface area contributed by atoms with E-state index in [1.54, 1.807) is 11.6 Å². The summed E-state index contributed by atoms with van der Waals surface area (Å²) in [6.07, 6.45) is 1.58. The van der Waals surface area contributed by atoms with Crippen molar-refractivity contribution in [2.75, 3.05) is 0 Å². The summed E-state index contributed by atoms with van der Waals surface area (Å²) in [5.74, 6) is -1.16. The zero-order valence-corrected chi connectivity index (χ0v) is 13.2. The number of halogens is 1. The molecule has 0 aliphatic rings. The van der Waals surface area contributed by atoms with Gasteiger partial charge in [-0.1, -0.05) is 0 Å². The summed E-state index contributed by atoms with van der Waals surface area (Å²) in [4.78, 5) is 14.6. The lowest BCUT2D eigenvalue weighted by Crippen LogP contribution is -2.23. The van der Waals surface area contributed by atoms with Crippen molar-refractivity contribution in [3.8, 4) is 0 Å². The minimum atomic E-state index is -3.76. The molecular weight excluding hydrogens is 376 g/mol. The van der Waals surface area contributed by atoms with E-state index < -0.39 is 16.0 Å². The molecule has 19 heavy (non-hydrogen) atoms. The number of rotatable bonds is 5. The third kappa shape index (κ3) is 3.39. The van der Waals surface area contributed by atoms with E-state index in [0.717, 1.165) is 17.4 Å². The molecule has 2 aromatic rings. The summed E-state index contributed by atoms with van der Waals surface area (Å²) in [6, 6.07) is 1.13. The number of aromatic nitrogens is 1. The lowest BCUT2D eigenvalue weighted by molar-refractivity contribution is 0.0702. The normalized spacial score (nSPS) is 11.6. The van der Waals surface area contributed by atoms with Crippen molar-refractivity contribution in [1.82, 2.24) is 9.71 Å². The third-order valence-corrected chi connectivity index (χ3v) is 6.47. The predicted octanol–water partition coefficient (Wildman–Crippen LogP) is 2.14. The Morgan fingerprint density at radius 2 is 2.26 bits per heavy atom. The van der Waals surface area contributed by atoms with Gasteiger partial charge in [0.25, 0.3) is 0 Å². The highest BCUT2D eigenvalue weighted by molar-refractivity contribution is 9.11. The highest BCUT2D eigenvalue weighted by atomic mass is 79.9. The van der Waals surface area contributed by atoms with Crippen LogP contribution in [-0.4, -0.2) is 24.5 Å². The molecule has 6 nitrogen and oxygen atoms in total. The molecule has 2 aromatic heterocycles. The minimum absolute atomic E-state index is 0.0403. The van der Waals surface area contributed by atoms with Gasteiger partial charge in [-0.05, 0) is 22.0 Å². The van der Waals surface area contributed by atoms with Crippen LogP contribution in [0.1, 0.15) is 14.7 Å². The first-order chi connectivity index (χ1) is 8.90. The summed E-state index contributed by atoms with van der Waals surface area (Å²) in [7, 11) is -3.76. The number of hydrogen-bond donors (Lipinski definition) is 2. The summed E-state index contributed by atoms with van der Waals surface area (Å²) < 4.78 is 26.7. The summed E-state index contributed by atoms with van der Waals surface area (Å²) in [5, 5.41) is 11.2. The number of carboxylic acids is 1. The van der Waals surface area contributed by atoms with Gasteiger partial charge in [-0.2, -0.15) is 0 Å². The van der Waals surface area contributed by atoms with E-state index in [1.807, 2.05) is 0 Å². The minimum Gasteiger partial charge on any atom is -0.477 e. The second-order valence-electron chi connectivity index (χ2n) is 3.30. The van der Waals surface area contributed by atoms with E-state index in [4.69, 9.17) is 5.11 Å². The molecule has 102 valence electrons. The Labute approximate surface area is 125 Å². The fourth-order valence-corrected chi connectivity index (χ4v) is 5.25. The summed E-state index contributed by atoms with van der Waals surface area (Å²) in [6.45, 7) is 0.0741. The van der Waals surface area contributed by atoms with E-state index in [-0.39, 0.29) is 20.1 Å². The molecule has 2 N–H and O–H groups in total. The topological polar surface area (TPSA) is 96.4 Å². The number of nitrogens with one attached hydrogen (secondary N) is 1. The molecule has 0 aromatic carbocycles.